The number of hydrogen-bond donors (Lipinski definition) is 1. The molecule has 2 rings (SSSR count). The Morgan fingerprint density at radius 3 is 2.58 bits per heavy atom. The van der Waals surface area contributed by atoms with Crippen molar-refractivity contribution in [2.45, 2.75) is 0 Å². The van der Waals surface area contributed by atoms with Crippen LogP contribution in [0.5, 0.6) is 5.75 Å². The van der Waals surface area contributed by atoms with E-state index in [2.05, 4.69) is 21.2 Å². The summed E-state index contributed by atoms with van der Waals surface area (Å²) in [4.78, 5) is 25.1. The number of halogens is 1. The van der Waals surface area contributed by atoms with E-state index in [9.17, 15) is 9.59 Å². The number of benzene rings is 2. The molecule has 7 heteroatoms. The third kappa shape index (κ3) is 5.27. The van der Waals surface area contributed by atoms with Crippen LogP contribution in [0.25, 0.3) is 0 Å². The topological polar surface area (TPSA) is 67.9 Å². The van der Waals surface area contributed by atoms with Crippen LogP contribution in [0.2, 0.25) is 0 Å². The Bertz CT molecular complexity index is 694. The third-order valence-corrected chi connectivity index (χ3v) is 3.34. The second kappa shape index (κ2) is 8.93. The van der Waals surface area contributed by atoms with Gasteiger partial charge in [0, 0.05) is 29.8 Å². The zero-order valence-corrected chi connectivity index (χ0v) is 14.7. The Kier molecular flexibility index (Phi) is 6.62. The number of amides is 2. The lowest BCUT2D eigenvalue weighted by molar-refractivity contribution is 0.169. The molecule has 0 atom stereocenters. The molecule has 2 amide bonds. The standard InChI is InChI=1S/C17H17BrN2O4/c1-20(14-7-3-2-4-8-14)17(22)24-15-9-5-6-13(12-15)19-16(21)23-11-10-18/h2-9,12H,10-11H2,1H3,(H,19,21). The van der Waals surface area contributed by atoms with Gasteiger partial charge in [-0.3, -0.25) is 10.2 Å². The van der Waals surface area contributed by atoms with Gasteiger partial charge in [-0.25, -0.2) is 9.59 Å². The molecule has 0 aliphatic carbocycles. The molecule has 0 radical (unpaired) electrons. The van der Waals surface area contributed by atoms with E-state index in [0.717, 1.165) is 5.69 Å². The van der Waals surface area contributed by atoms with Crippen molar-refractivity contribution in [2.75, 3.05) is 29.2 Å². The van der Waals surface area contributed by atoms with Crippen molar-refractivity contribution in [3.05, 3.63) is 54.6 Å². The van der Waals surface area contributed by atoms with E-state index in [1.165, 1.54) is 4.90 Å². The van der Waals surface area contributed by atoms with Gasteiger partial charge in [0.25, 0.3) is 0 Å². The Hall–Kier alpha value is -2.54. The quantitative estimate of drug-likeness (QED) is 0.771. The van der Waals surface area contributed by atoms with Gasteiger partial charge < -0.3 is 9.47 Å². The summed E-state index contributed by atoms with van der Waals surface area (Å²) in [5, 5.41) is 3.12. The van der Waals surface area contributed by atoms with E-state index in [0.29, 0.717) is 16.8 Å². The van der Waals surface area contributed by atoms with E-state index in [1.807, 2.05) is 18.2 Å². The van der Waals surface area contributed by atoms with Gasteiger partial charge in [0.1, 0.15) is 12.4 Å². The van der Waals surface area contributed by atoms with Crippen molar-refractivity contribution in [1.29, 1.82) is 0 Å². The van der Waals surface area contributed by atoms with Crippen molar-refractivity contribution in [2.24, 2.45) is 0 Å². The van der Waals surface area contributed by atoms with E-state index in [4.69, 9.17) is 9.47 Å². The molecular weight excluding hydrogens is 376 g/mol. The molecule has 0 saturated heterocycles. The summed E-state index contributed by atoms with van der Waals surface area (Å²) in [6, 6.07) is 15.7. The minimum Gasteiger partial charge on any atom is -0.448 e. The van der Waals surface area contributed by atoms with Gasteiger partial charge in [-0.1, -0.05) is 40.2 Å². The van der Waals surface area contributed by atoms with Crippen LogP contribution in [0, 0.1) is 0 Å². The fraction of sp³-hybridized carbons (Fsp3) is 0.176. The second-order valence-corrected chi connectivity index (χ2v) is 5.53. The zero-order chi connectivity index (χ0) is 17.4. The van der Waals surface area contributed by atoms with Gasteiger partial charge in [0.15, 0.2) is 0 Å². The van der Waals surface area contributed by atoms with Crippen LogP contribution in [0.15, 0.2) is 54.6 Å². The predicted molar refractivity (Wildman–Crippen MR) is 96.1 cm³/mol. The molecule has 0 aliphatic rings. The molecule has 2 aromatic rings. The summed E-state index contributed by atoms with van der Waals surface area (Å²) < 4.78 is 10.2. The molecule has 0 spiro atoms. The molecule has 0 heterocycles. The predicted octanol–water partition coefficient (Wildman–Crippen LogP) is 4.27. The largest absolute Gasteiger partial charge is 0.448 e. The maximum absolute atomic E-state index is 12.2. The highest BCUT2D eigenvalue weighted by Crippen LogP contribution is 2.20. The van der Waals surface area contributed by atoms with Crippen molar-refractivity contribution in [3.8, 4) is 5.75 Å². The number of alkyl halides is 1. The summed E-state index contributed by atoms with van der Waals surface area (Å²) in [5.74, 6) is 0.320. The number of anilines is 2. The lowest BCUT2D eigenvalue weighted by atomic mass is 10.3. The van der Waals surface area contributed by atoms with Crippen molar-refractivity contribution in [1.82, 2.24) is 0 Å². The van der Waals surface area contributed by atoms with Gasteiger partial charge >= 0.3 is 12.2 Å². The molecule has 2 aromatic carbocycles. The number of hydrogen-bond acceptors (Lipinski definition) is 4. The number of para-hydroxylation sites is 1. The first-order valence-corrected chi connectivity index (χ1v) is 8.32. The van der Waals surface area contributed by atoms with Crippen LogP contribution in [0.4, 0.5) is 21.0 Å². The average Bonchev–Trinajstić information content (AvgIpc) is 2.60. The van der Waals surface area contributed by atoms with Gasteiger partial charge in [-0.2, -0.15) is 0 Å². The highest BCUT2D eigenvalue weighted by molar-refractivity contribution is 9.09. The van der Waals surface area contributed by atoms with Crippen LogP contribution in [0.3, 0.4) is 0 Å². The molecule has 24 heavy (non-hydrogen) atoms. The number of rotatable bonds is 5. The number of carbonyl (C=O) groups is 2. The van der Waals surface area contributed by atoms with Crippen molar-refractivity contribution >= 4 is 39.5 Å². The van der Waals surface area contributed by atoms with Gasteiger partial charge in [0.05, 0.1) is 0 Å². The number of ether oxygens (including phenoxy) is 2. The summed E-state index contributed by atoms with van der Waals surface area (Å²) in [7, 11) is 1.62. The lowest BCUT2D eigenvalue weighted by Gasteiger charge is -2.17. The molecule has 0 bridgehead atoms. The summed E-state index contributed by atoms with van der Waals surface area (Å²) in [5.41, 5.74) is 1.19. The molecule has 1 N–H and O–H groups in total. The Morgan fingerprint density at radius 2 is 1.88 bits per heavy atom. The van der Waals surface area contributed by atoms with Crippen LogP contribution < -0.4 is 15.0 Å². The maximum atomic E-state index is 12.2. The van der Waals surface area contributed by atoms with E-state index >= 15 is 0 Å². The molecule has 0 saturated carbocycles. The van der Waals surface area contributed by atoms with Crippen LogP contribution in [0.1, 0.15) is 0 Å². The first kappa shape index (κ1) is 17.8. The van der Waals surface area contributed by atoms with E-state index in [1.54, 1.807) is 43.4 Å². The monoisotopic (exact) mass is 392 g/mol. The van der Waals surface area contributed by atoms with Gasteiger partial charge in [0.2, 0.25) is 0 Å². The highest BCUT2D eigenvalue weighted by atomic mass is 79.9. The highest BCUT2D eigenvalue weighted by Gasteiger charge is 2.13. The molecule has 0 aromatic heterocycles. The molecule has 126 valence electrons. The summed E-state index contributed by atoms with van der Waals surface area (Å²) >= 11 is 3.17. The fourth-order valence-corrected chi connectivity index (χ4v) is 2.01. The minimum absolute atomic E-state index is 0.266. The Labute approximate surface area is 148 Å². The Morgan fingerprint density at radius 1 is 1.12 bits per heavy atom. The molecule has 0 aliphatic heterocycles. The fourth-order valence-electron chi connectivity index (χ4n) is 1.85. The molecule has 0 unspecified atom stereocenters. The van der Waals surface area contributed by atoms with Crippen LogP contribution in [-0.4, -0.2) is 31.2 Å². The van der Waals surface area contributed by atoms with E-state index in [-0.39, 0.29) is 6.61 Å². The lowest BCUT2D eigenvalue weighted by Crippen LogP contribution is -2.29. The Balaban J connectivity index is 1.98. The zero-order valence-electron chi connectivity index (χ0n) is 13.1. The number of carbonyl (C=O) groups excluding carboxylic acids is 2. The number of nitrogens with zero attached hydrogens (tertiary/aromatic N) is 1. The molecule has 6 nitrogen and oxygen atoms in total. The van der Waals surface area contributed by atoms with E-state index < -0.39 is 12.2 Å². The van der Waals surface area contributed by atoms with Crippen molar-refractivity contribution in [3.63, 3.8) is 0 Å². The SMILES string of the molecule is CN(C(=O)Oc1cccc(NC(=O)OCCBr)c1)c1ccccc1. The van der Waals surface area contributed by atoms with Crippen LogP contribution >= 0.6 is 15.9 Å². The van der Waals surface area contributed by atoms with Crippen molar-refractivity contribution < 1.29 is 19.1 Å². The third-order valence-electron chi connectivity index (χ3n) is 3.01. The smallest absolute Gasteiger partial charge is 0.419 e. The minimum atomic E-state index is -0.570. The van der Waals surface area contributed by atoms with Gasteiger partial charge in [-0.15, -0.1) is 0 Å². The number of nitrogens with one attached hydrogen (secondary N) is 1. The van der Waals surface area contributed by atoms with Gasteiger partial charge in [-0.05, 0) is 24.3 Å². The molecular formula is C17H17BrN2O4. The average molecular weight is 393 g/mol. The summed E-state index contributed by atoms with van der Waals surface area (Å²) in [6.07, 6.45) is -1.10. The van der Waals surface area contributed by atoms with Crippen LogP contribution in [-0.2, 0) is 4.74 Å². The normalized spacial score (nSPS) is 9.92. The summed E-state index contributed by atoms with van der Waals surface area (Å²) in [6.45, 7) is 0.266. The maximum Gasteiger partial charge on any atom is 0.419 e. The second-order valence-electron chi connectivity index (χ2n) is 4.74. The molecule has 0 fully saturated rings. The first-order valence-electron chi connectivity index (χ1n) is 7.20. The first-order chi connectivity index (χ1) is 11.6.